The number of carbonyl (C=O) groups is 3. The molecular weight excluding hydrogens is 442 g/mol. The van der Waals surface area contributed by atoms with Crippen LogP contribution in [-0.4, -0.2) is 30.7 Å². The fourth-order valence-electron chi connectivity index (χ4n) is 4.59. The number of unbranched alkanes of at least 4 members (excludes halogenated alkanes) is 9. The Balaban J connectivity index is 2.66. The molecule has 0 bridgehead atoms. The molecule has 0 aromatic rings. The maximum atomic E-state index is 13.1. The lowest BCUT2D eigenvalue weighted by molar-refractivity contribution is -0.189. The minimum absolute atomic E-state index is 0.117. The van der Waals surface area contributed by atoms with Gasteiger partial charge in [-0.25, -0.2) is 0 Å². The summed E-state index contributed by atoms with van der Waals surface area (Å²) in [6.07, 6.45) is 19.4. The molecule has 0 aromatic carbocycles. The number of rotatable bonds is 22. The van der Waals surface area contributed by atoms with Crippen LogP contribution >= 0.6 is 0 Å². The molecule has 202 valence electrons. The van der Waals surface area contributed by atoms with E-state index in [0.717, 1.165) is 38.5 Å². The van der Waals surface area contributed by atoms with Crippen LogP contribution in [0.1, 0.15) is 124 Å². The number of amides is 1. The van der Waals surface area contributed by atoms with Crippen LogP contribution in [0, 0.1) is 17.8 Å². The van der Waals surface area contributed by atoms with Crippen molar-refractivity contribution in [2.24, 2.45) is 17.8 Å². The first-order valence-electron chi connectivity index (χ1n) is 14.2. The highest BCUT2D eigenvalue weighted by Crippen LogP contribution is 2.33. The maximum Gasteiger partial charge on any atom is 0.313 e. The largest absolute Gasteiger partial charge is 0.461 e. The summed E-state index contributed by atoms with van der Waals surface area (Å²) in [6.45, 7) is 8.44. The van der Waals surface area contributed by atoms with Crippen LogP contribution in [0.3, 0.4) is 0 Å². The number of cyclic esters (lactones) is 1. The summed E-state index contributed by atoms with van der Waals surface area (Å²) < 4.78 is 11.1. The van der Waals surface area contributed by atoms with Gasteiger partial charge in [0.2, 0.25) is 6.41 Å². The predicted octanol–water partition coefficient (Wildman–Crippen LogP) is 6.86. The minimum Gasteiger partial charge on any atom is -0.461 e. The summed E-state index contributed by atoms with van der Waals surface area (Å²) in [5.74, 6) is -0.709. The fraction of sp³-hybridized carbons (Fsp3) is 0.828. The molecule has 1 N–H and O–H groups in total. The molecule has 4 unspecified atom stereocenters. The first kappa shape index (κ1) is 31.2. The van der Waals surface area contributed by atoms with Gasteiger partial charge in [-0.05, 0) is 38.0 Å². The Morgan fingerprint density at radius 2 is 1.66 bits per heavy atom. The van der Waals surface area contributed by atoms with Crippen LogP contribution < -0.4 is 5.32 Å². The summed E-state index contributed by atoms with van der Waals surface area (Å²) in [5.41, 5.74) is 0. The Hall–Kier alpha value is -1.85. The molecular formula is C29H51NO5. The average Bonchev–Trinajstić information content (AvgIpc) is 2.81. The summed E-state index contributed by atoms with van der Waals surface area (Å²) in [5, 5.41) is 2.61. The summed E-state index contributed by atoms with van der Waals surface area (Å²) in [7, 11) is 0. The Labute approximate surface area is 214 Å². The quantitative estimate of drug-likeness (QED) is 0.0585. The number of ether oxygens (including phenoxy) is 2. The number of nitrogens with one attached hydrogen (secondary N) is 1. The standard InChI is InChI=1S/C29H51NO5/c1-5-7-9-11-12-13-14-15-16-18-24(28(32)35-27(30-22-31)20-23(3)4)21-26-25(29(33)34-26)19-17-10-8-6-2/h15-16,22-27H,5-14,17-21H2,1-4H3,(H,30,31). The van der Waals surface area contributed by atoms with E-state index in [1.165, 1.54) is 38.5 Å². The predicted molar refractivity (Wildman–Crippen MR) is 141 cm³/mol. The van der Waals surface area contributed by atoms with Gasteiger partial charge in [-0.3, -0.25) is 14.4 Å². The van der Waals surface area contributed by atoms with Crippen LogP contribution in [0.5, 0.6) is 0 Å². The summed E-state index contributed by atoms with van der Waals surface area (Å²) >= 11 is 0. The molecule has 6 heteroatoms. The van der Waals surface area contributed by atoms with E-state index in [1.807, 2.05) is 13.8 Å². The van der Waals surface area contributed by atoms with Gasteiger partial charge >= 0.3 is 11.9 Å². The number of allylic oxidation sites excluding steroid dienone is 2. The monoisotopic (exact) mass is 493 g/mol. The second-order valence-corrected chi connectivity index (χ2v) is 10.5. The molecule has 1 aliphatic rings. The van der Waals surface area contributed by atoms with Crippen molar-refractivity contribution in [2.45, 2.75) is 136 Å². The molecule has 0 saturated carbocycles. The molecule has 0 aliphatic carbocycles. The molecule has 0 spiro atoms. The van der Waals surface area contributed by atoms with E-state index in [2.05, 4.69) is 31.3 Å². The minimum atomic E-state index is -0.636. The maximum absolute atomic E-state index is 13.1. The third kappa shape index (κ3) is 13.7. The number of esters is 2. The van der Waals surface area contributed by atoms with Gasteiger partial charge in [0.1, 0.15) is 6.10 Å². The van der Waals surface area contributed by atoms with E-state index in [-0.39, 0.29) is 29.9 Å². The summed E-state index contributed by atoms with van der Waals surface area (Å²) in [6, 6.07) is 0. The summed E-state index contributed by atoms with van der Waals surface area (Å²) in [4.78, 5) is 36.1. The normalized spacial score (nSPS) is 19.3. The van der Waals surface area contributed by atoms with Crippen molar-refractivity contribution in [2.75, 3.05) is 0 Å². The molecule has 6 nitrogen and oxygen atoms in total. The second-order valence-electron chi connectivity index (χ2n) is 10.5. The highest BCUT2D eigenvalue weighted by Gasteiger charge is 2.44. The zero-order chi connectivity index (χ0) is 25.9. The molecule has 35 heavy (non-hydrogen) atoms. The van der Waals surface area contributed by atoms with E-state index in [9.17, 15) is 14.4 Å². The van der Waals surface area contributed by atoms with Crippen molar-refractivity contribution in [3.8, 4) is 0 Å². The molecule has 1 aliphatic heterocycles. The lowest BCUT2D eigenvalue weighted by Crippen LogP contribution is -2.47. The molecule has 0 aromatic heterocycles. The van der Waals surface area contributed by atoms with Crippen LogP contribution in [0.15, 0.2) is 12.2 Å². The van der Waals surface area contributed by atoms with Gasteiger partial charge in [0, 0.05) is 6.42 Å². The van der Waals surface area contributed by atoms with Crippen LogP contribution in [0.2, 0.25) is 0 Å². The Bertz CT molecular complexity index is 618. The van der Waals surface area contributed by atoms with Gasteiger partial charge in [-0.1, -0.05) is 97.6 Å². The first-order chi connectivity index (χ1) is 16.9. The molecule has 0 radical (unpaired) electrons. The van der Waals surface area contributed by atoms with Gasteiger partial charge in [-0.2, -0.15) is 0 Å². The third-order valence-electron chi connectivity index (χ3n) is 6.75. The Morgan fingerprint density at radius 1 is 1.00 bits per heavy atom. The van der Waals surface area contributed by atoms with E-state index in [4.69, 9.17) is 9.47 Å². The van der Waals surface area contributed by atoms with Gasteiger partial charge in [-0.15, -0.1) is 0 Å². The third-order valence-corrected chi connectivity index (χ3v) is 6.75. The Morgan fingerprint density at radius 3 is 2.29 bits per heavy atom. The van der Waals surface area contributed by atoms with Crippen LogP contribution in [0.4, 0.5) is 0 Å². The first-order valence-corrected chi connectivity index (χ1v) is 14.2. The van der Waals surface area contributed by atoms with Crippen molar-refractivity contribution in [1.82, 2.24) is 5.32 Å². The molecule has 1 amide bonds. The zero-order valence-corrected chi connectivity index (χ0v) is 22.8. The number of carbonyl (C=O) groups excluding carboxylic acids is 3. The molecule has 1 fully saturated rings. The van der Waals surface area contributed by atoms with Crippen molar-refractivity contribution in [3.63, 3.8) is 0 Å². The van der Waals surface area contributed by atoms with Crippen molar-refractivity contribution in [1.29, 1.82) is 0 Å². The van der Waals surface area contributed by atoms with Crippen molar-refractivity contribution < 1.29 is 23.9 Å². The van der Waals surface area contributed by atoms with Gasteiger partial charge in [0.05, 0.1) is 11.8 Å². The topological polar surface area (TPSA) is 81.7 Å². The molecule has 1 rings (SSSR count). The van der Waals surface area contributed by atoms with E-state index >= 15 is 0 Å². The lowest BCUT2D eigenvalue weighted by Gasteiger charge is -2.37. The highest BCUT2D eigenvalue weighted by atomic mass is 16.6. The molecule has 4 atom stereocenters. The van der Waals surface area contributed by atoms with Gasteiger partial charge < -0.3 is 14.8 Å². The second kappa shape index (κ2) is 19.4. The number of hydrogen-bond acceptors (Lipinski definition) is 5. The average molecular weight is 494 g/mol. The number of hydrogen-bond donors (Lipinski definition) is 1. The van der Waals surface area contributed by atoms with Crippen molar-refractivity contribution >= 4 is 18.3 Å². The van der Waals surface area contributed by atoms with E-state index in [1.54, 1.807) is 0 Å². The van der Waals surface area contributed by atoms with Gasteiger partial charge in [0.25, 0.3) is 0 Å². The SMILES string of the molecule is CCCCCCCCC=CCC(CC1OC(=O)C1CCCCCC)C(=O)OC(CC(C)C)NC=O. The smallest absolute Gasteiger partial charge is 0.313 e. The van der Waals surface area contributed by atoms with Crippen LogP contribution in [0.25, 0.3) is 0 Å². The van der Waals surface area contributed by atoms with E-state index in [0.29, 0.717) is 25.7 Å². The van der Waals surface area contributed by atoms with E-state index < -0.39 is 12.1 Å². The molecule has 1 saturated heterocycles. The fourth-order valence-corrected chi connectivity index (χ4v) is 4.59. The lowest BCUT2D eigenvalue weighted by atomic mass is 9.84. The zero-order valence-electron chi connectivity index (χ0n) is 22.8. The highest BCUT2D eigenvalue weighted by molar-refractivity contribution is 5.79. The Kier molecular flexibility index (Phi) is 17.2. The van der Waals surface area contributed by atoms with Crippen molar-refractivity contribution in [3.05, 3.63) is 12.2 Å². The van der Waals surface area contributed by atoms with Gasteiger partial charge in [0.15, 0.2) is 6.23 Å². The molecule has 1 heterocycles. The van der Waals surface area contributed by atoms with Crippen LogP contribution in [-0.2, 0) is 23.9 Å².